The molecule has 0 aromatic heterocycles. The first-order chi connectivity index (χ1) is 5.92. The Morgan fingerprint density at radius 1 is 1.62 bits per heavy atom. The molecule has 0 unspecified atom stereocenters. The van der Waals surface area contributed by atoms with Gasteiger partial charge in [-0.15, -0.1) is 0 Å². The highest BCUT2D eigenvalue weighted by Crippen LogP contribution is 2.24. The summed E-state index contributed by atoms with van der Waals surface area (Å²) in [6, 6.07) is -0.0852. The molecule has 1 aliphatic heterocycles. The Balaban J connectivity index is 3.17. The van der Waals surface area contributed by atoms with Crippen LogP contribution in [-0.2, 0) is 4.79 Å². The van der Waals surface area contributed by atoms with Crippen LogP contribution in [0.4, 0.5) is 0 Å². The zero-order chi connectivity index (χ0) is 10.2. The molecule has 1 atom stereocenters. The van der Waals surface area contributed by atoms with E-state index in [-0.39, 0.29) is 17.6 Å². The lowest BCUT2D eigenvalue weighted by atomic mass is 10.2. The molecule has 1 heterocycles. The van der Waals surface area contributed by atoms with Gasteiger partial charge in [0.05, 0.1) is 0 Å². The van der Waals surface area contributed by atoms with Crippen LogP contribution >= 0.6 is 0 Å². The predicted octanol–water partition coefficient (Wildman–Crippen LogP) is 0.852. The summed E-state index contributed by atoms with van der Waals surface area (Å²) < 4.78 is 2.02. The van der Waals surface area contributed by atoms with Gasteiger partial charge in [0.1, 0.15) is 0 Å². The summed E-state index contributed by atoms with van der Waals surface area (Å²) in [5.41, 5.74) is -0.245. The number of hydrogen-bond acceptors (Lipinski definition) is 1. The molecule has 0 aromatic carbocycles. The molecule has 0 aliphatic carbocycles. The summed E-state index contributed by atoms with van der Waals surface area (Å²) in [5, 5.41) is 0. The van der Waals surface area contributed by atoms with Crippen LogP contribution in [0.5, 0.6) is 0 Å². The van der Waals surface area contributed by atoms with E-state index in [4.69, 9.17) is 0 Å². The van der Waals surface area contributed by atoms with Crippen molar-refractivity contribution in [2.24, 2.45) is 0 Å². The third-order valence-corrected chi connectivity index (χ3v) is 2.82. The largest absolute Gasteiger partial charge is 0.295 e. The molecule has 0 saturated carbocycles. The summed E-state index contributed by atoms with van der Waals surface area (Å²) in [7, 11) is 1.83. The van der Waals surface area contributed by atoms with Gasteiger partial charge in [-0.2, -0.15) is 0 Å². The molecule has 72 valence electrons. The number of nitrogens with zero attached hydrogens (tertiary/aromatic N) is 2. The van der Waals surface area contributed by atoms with Crippen molar-refractivity contribution in [1.82, 2.24) is 4.90 Å². The normalized spacial score (nSPS) is 29.8. The van der Waals surface area contributed by atoms with Crippen LogP contribution in [-0.4, -0.2) is 40.3 Å². The summed E-state index contributed by atoms with van der Waals surface area (Å²) in [5.74, 6) is 0.156. The maximum Gasteiger partial charge on any atom is 0.295 e. The first-order valence-electron chi connectivity index (χ1n) is 4.45. The van der Waals surface area contributed by atoms with Crippen LogP contribution in [0.2, 0.25) is 0 Å². The van der Waals surface area contributed by atoms with Crippen LogP contribution in [0.25, 0.3) is 0 Å². The van der Waals surface area contributed by atoms with Crippen molar-refractivity contribution in [2.45, 2.75) is 32.5 Å². The van der Waals surface area contributed by atoms with Gasteiger partial charge in [-0.1, -0.05) is 6.58 Å². The van der Waals surface area contributed by atoms with E-state index in [9.17, 15) is 4.79 Å². The minimum atomic E-state index is -0.245. The average molecular weight is 181 g/mol. The Morgan fingerprint density at radius 2 is 2.15 bits per heavy atom. The van der Waals surface area contributed by atoms with Crippen molar-refractivity contribution >= 4 is 12.1 Å². The zero-order valence-electron chi connectivity index (χ0n) is 8.74. The highest BCUT2D eigenvalue weighted by molar-refractivity contribution is 5.83. The number of hydrogen-bond donors (Lipinski definition) is 0. The Hall–Kier alpha value is -1.12. The number of rotatable bonds is 1. The number of carbonyl (C=O) groups excluding carboxylic acids is 1. The van der Waals surface area contributed by atoms with Gasteiger partial charge < -0.3 is 0 Å². The van der Waals surface area contributed by atoms with Gasteiger partial charge in [-0.05, 0) is 6.08 Å². The number of carbonyl (C=O) groups is 1. The predicted molar refractivity (Wildman–Crippen MR) is 52.8 cm³/mol. The van der Waals surface area contributed by atoms with Crippen LogP contribution in [0.3, 0.4) is 0 Å². The Kier molecular flexibility index (Phi) is 2.28. The minimum absolute atomic E-state index is 0.0852. The van der Waals surface area contributed by atoms with E-state index in [1.54, 1.807) is 11.0 Å². The molecule has 0 radical (unpaired) electrons. The first kappa shape index (κ1) is 9.96. The Bertz CT molecular complexity index is 279. The molecule has 1 aliphatic rings. The van der Waals surface area contributed by atoms with Crippen molar-refractivity contribution in [1.29, 1.82) is 0 Å². The van der Waals surface area contributed by atoms with Gasteiger partial charge in [0.15, 0.2) is 6.21 Å². The fraction of sp³-hybridized carbons (Fsp3) is 0.600. The first-order valence-corrected chi connectivity index (χ1v) is 4.45. The maximum atomic E-state index is 11.6. The smallest absolute Gasteiger partial charge is 0.280 e. The molecule has 0 aromatic rings. The fourth-order valence-electron chi connectivity index (χ4n) is 1.74. The molecular formula is C10H17N2O+. The maximum absolute atomic E-state index is 11.6. The Morgan fingerprint density at radius 3 is 2.46 bits per heavy atom. The monoisotopic (exact) mass is 181 g/mol. The standard InChI is InChI=1S/C10H17N2O/c1-6-7-12-8(2)9(13)11(5)10(12,3)4/h6-8H,1H2,2-5H3/q+1/b12-7+/t8-/m0/s1. The molecule has 3 nitrogen and oxygen atoms in total. The van der Waals surface area contributed by atoms with Crippen molar-refractivity contribution in [3.8, 4) is 0 Å². The minimum Gasteiger partial charge on any atom is -0.280 e. The van der Waals surface area contributed by atoms with Crippen molar-refractivity contribution < 1.29 is 9.37 Å². The molecule has 1 fully saturated rings. The van der Waals surface area contributed by atoms with E-state index in [1.807, 2.05) is 38.6 Å². The van der Waals surface area contributed by atoms with Gasteiger partial charge in [0.25, 0.3) is 5.91 Å². The summed E-state index contributed by atoms with van der Waals surface area (Å²) in [6.45, 7) is 9.60. The average Bonchev–Trinajstić information content (AvgIpc) is 2.20. The molecule has 1 rings (SSSR count). The van der Waals surface area contributed by atoms with Gasteiger partial charge in [0.2, 0.25) is 11.7 Å². The quantitative estimate of drug-likeness (QED) is 0.550. The second-order valence-electron chi connectivity index (χ2n) is 3.86. The van der Waals surface area contributed by atoms with Gasteiger partial charge in [-0.3, -0.25) is 9.69 Å². The van der Waals surface area contributed by atoms with E-state index in [0.29, 0.717) is 0 Å². The highest BCUT2D eigenvalue weighted by Gasteiger charge is 2.51. The molecule has 0 bridgehead atoms. The third kappa shape index (κ3) is 1.28. The number of amides is 1. The van der Waals surface area contributed by atoms with Crippen LogP contribution < -0.4 is 0 Å². The lowest BCUT2D eigenvalue weighted by Crippen LogP contribution is -2.43. The number of allylic oxidation sites excluding steroid dienone is 1. The molecule has 1 saturated heterocycles. The molecule has 0 N–H and O–H groups in total. The van der Waals surface area contributed by atoms with Crippen molar-refractivity contribution in [2.75, 3.05) is 7.05 Å². The van der Waals surface area contributed by atoms with E-state index in [1.165, 1.54) is 0 Å². The molecular weight excluding hydrogens is 164 g/mol. The molecule has 13 heavy (non-hydrogen) atoms. The second kappa shape index (κ2) is 2.98. The fourth-order valence-corrected chi connectivity index (χ4v) is 1.74. The summed E-state index contributed by atoms with van der Waals surface area (Å²) in [4.78, 5) is 13.4. The van der Waals surface area contributed by atoms with Crippen LogP contribution in [0, 0.1) is 0 Å². The second-order valence-corrected chi connectivity index (χ2v) is 3.86. The van der Waals surface area contributed by atoms with Crippen LogP contribution in [0.15, 0.2) is 12.7 Å². The topological polar surface area (TPSA) is 23.3 Å². The van der Waals surface area contributed by atoms with E-state index < -0.39 is 0 Å². The lowest BCUT2D eigenvalue weighted by Gasteiger charge is -2.21. The van der Waals surface area contributed by atoms with E-state index in [2.05, 4.69) is 6.58 Å². The highest BCUT2D eigenvalue weighted by atomic mass is 16.2. The SMILES string of the molecule is C=C/C=[N+]1\[C@@H](C)C(=O)N(C)C1(C)C. The van der Waals surface area contributed by atoms with Crippen molar-refractivity contribution in [3.63, 3.8) is 0 Å². The summed E-state index contributed by atoms with van der Waals surface area (Å²) in [6.07, 6.45) is 3.58. The summed E-state index contributed by atoms with van der Waals surface area (Å²) >= 11 is 0. The van der Waals surface area contributed by atoms with Gasteiger partial charge in [-0.25, -0.2) is 4.58 Å². The van der Waals surface area contributed by atoms with Gasteiger partial charge in [0, 0.05) is 27.8 Å². The van der Waals surface area contributed by atoms with Crippen LogP contribution in [0.1, 0.15) is 20.8 Å². The lowest BCUT2D eigenvalue weighted by molar-refractivity contribution is -0.613. The van der Waals surface area contributed by atoms with E-state index >= 15 is 0 Å². The third-order valence-electron chi connectivity index (χ3n) is 2.82. The zero-order valence-corrected chi connectivity index (χ0v) is 8.74. The molecule has 1 amide bonds. The number of likely N-dealkylation sites (N-methyl/N-ethyl adjacent to an activating group) is 1. The molecule has 0 spiro atoms. The van der Waals surface area contributed by atoms with E-state index in [0.717, 1.165) is 0 Å². The molecule has 3 heteroatoms. The Labute approximate surface area is 79.4 Å². The van der Waals surface area contributed by atoms with Crippen molar-refractivity contribution in [3.05, 3.63) is 12.7 Å². The van der Waals surface area contributed by atoms with Gasteiger partial charge >= 0.3 is 0 Å².